The van der Waals surface area contributed by atoms with E-state index in [9.17, 15) is 22.4 Å². The van der Waals surface area contributed by atoms with Gasteiger partial charge in [-0.1, -0.05) is 12.1 Å². The molecule has 0 fully saturated rings. The van der Waals surface area contributed by atoms with Crippen LogP contribution in [-0.2, 0) is 32.6 Å². The van der Waals surface area contributed by atoms with Gasteiger partial charge in [0.25, 0.3) is 0 Å². The Morgan fingerprint density at radius 3 is 2.59 bits per heavy atom. The van der Waals surface area contributed by atoms with Crippen LogP contribution in [0.1, 0.15) is 5.56 Å². The largest absolute Gasteiger partial charge is 0.468 e. The van der Waals surface area contributed by atoms with E-state index in [2.05, 4.69) is 9.46 Å². The molecule has 0 aliphatic carbocycles. The van der Waals surface area contributed by atoms with E-state index in [1.54, 1.807) is 0 Å². The molecule has 0 saturated heterocycles. The molecule has 3 rings (SSSR count). The maximum atomic E-state index is 12.9. The van der Waals surface area contributed by atoms with Gasteiger partial charge in [-0.25, -0.2) is 22.3 Å². The quantitative estimate of drug-likeness (QED) is 0.633. The van der Waals surface area contributed by atoms with Crippen LogP contribution in [0.3, 0.4) is 0 Å². The first-order chi connectivity index (χ1) is 12.8. The average Bonchev–Trinajstić information content (AvgIpc) is 2.95. The Labute approximate surface area is 153 Å². The number of aromatic nitrogens is 1. The van der Waals surface area contributed by atoms with Gasteiger partial charge in [0, 0.05) is 12.6 Å². The Morgan fingerprint density at radius 1 is 1.22 bits per heavy atom. The molecule has 0 radical (unpaired) electrons. The van der Waals surface area contributed by atoms with E-state index in [4.69, 9.17) is 4.42 Å². The Hall–Kier alpha value is -2.98. The standard InChI is InChI=1S/C17H15FN2O6S/c1-25-16(21)10-20-14-7-6-13(8-15(14)26-17(20)22)27(23,24)19-9-11-2-4-12(18)5-3-11/h2-8,19H,9-10H2,1H3. The van der Waals surface area contributed by atoms with Crippen LogP contribution in [0.25, 0.3) is 11.1 Å². The molecule has 3 aromatic rings. The smallest absolute Gasteiger partial charge is 0.420 e. The Kier molecular flexibility index (Phi) is 5.10. The fourth-order valence-electron chi connectivity index (χ4n) is 2.42. The van der Waals surface area contributed by atoms with Gasteiger partial charge in [0.15, 0.2) is 5.58 Å². The van der Waals surface area contributed by atoms with Crippen molar-refractivity contribution in [2.24, 2.45) is 0 Å². The average molecular weight is 394 g/mol. The second kappa shape index (κ2) is 7.33. The highest BCUT2D eigenvalue weighted by Crippen LogP contribution is 2.19. The number of esters is 1. The van der Waals surface area contributed by atoms with E-state index in [0.717, 1.165) is 4.57 Å². The minimum atomic E-state index is -3.90. The van der Waals surface area contributed by atoms with Gasteiger partial charge < -0.3 is 9.15 Å². The van der Waals surface area contributed by atoms with Gasteiger partial charge in [-0.2, -0.15) is 0 Å². The number of halogens is 1. The van der Waals surface area contributed by atoms with Gasteiger partial charge in [0.1, 0.15) is 12.4 Å². The topological polar surface area (TPSA) is 108 Å². The van der Waals surface area contributed by atoms with E-state index in [-0.39, 0.29) is 29.1 Å². The van der Waals surface area contributed by atoms with Crippen LogP contribution in [0.4, 0.5) is 4.39 Å². The van der Waals surface area contributed by atoms with Crippen LogP contribution >= 0.6 is 0 Å². The molecule has 142 valence electrons. The summed E-state index contributed by atoms with van der Waals surface area (Å²) in [6.07, 6.45) is 0. The Morgan fingerprint density at radius 2 is 1.93 bits per heavy atom. The zero-order valence-electron chi connectivity index (χ0n) is 14.1. The molecule has 1 aromatic heterocycles. The van der Waals surface area contributed by atoms with E-state index < -0.39 is 27.6 Å². The SMILES string of the molecule is COC(=O)Cn1c(=O)oc2cc(S(=O)(=O)NCc3ccc(F)cc3)ccc21. The van der Waals surface area contributed by atoms with Crippen molar-refractivity contribution in [1.29, 1.82) is 0 Å². The van der Waals surface area contributed by atoms with Crippen LogP contribution in [0.5, 0.6) is 0 Å². The fourth-order valence-corrected chi connectivity index (χ4v) is 3.45. The number of nitrogens with zero attached hydrogens (tertiary/aromatic N) is 1. The van der Waals surface area contributed by atoms with Gasteiger partial charge >= 0.3 is 11.7 Å². The van der Waals surface area contributed by atoms with E-state index >= 15 is 0 Å². The molecule has 0 spiro atoms. The van der Waals surface area contributed by atoms with Gasteiger partial charge in [-0.05, 0) is 29.8 Å². The molecule has 10 heteroatoms. The maximum Gasteiger partial charge on any atom is 0.420 e. The predicted molar refractivity (Wildman–Crippen MR) is 92.9 cm³/mol. The number of hydrogen-bond acceptors (Lipinski definition) is 6. The second-order valence-electron chi connectivity index (χ2n) is 5.61. The third kappa shape index (κ3) is 4.07. The summed E-state index contributed by atoms with van der Waals surface area (Å²) >= 11 is 0. The second-order valence-corrected chi connectivity index (χ2v) is 7.38. The minimum Gasteiger partial charge on any atom is -0.468 e. The number of carbonyl (C=O) groups is 1. The minimum absolute atomic E-state index is 0.0218. The molecule has 8 nitrogen and oxygen atoms in total. The van der Waals surface area contributed by atoms with E-state index in [1.165, 1.54) is 49.6 Å². The molecule has 0 bridgehead atoms. The van der Waals surface area contributed by atoms with Crippen LogP contribution in [0, 0.1) is 5.82 Å². The first-order valence-corrected chi connectivity index (χ1v) is 9.23. The molecule has 2 aromatic carbocycles. The van der Waals surface area contributed by atoms with Crippen molar-refractivity contribution in [3.8, 4) is 0 Å². The summed E-state index contributed by atoms with van der Waals surface area (Å²) in [4.78, 5) is 23.2. The number of carbonyl (C=O) groups excluding carboxylic acids is 1. The molecule has 1 heterocycles. The van der Waals surface area contributed by atoms with E-state index in [0.29, 0.717) is 5.56 Å². The molecule has 0 aliphatic rings. The number of sulfonamides is 1. The van der Waals surface area contributed by atoms with Crippen molar-refractivity contribution in [1.82, 2.24) is 9.29 Å². The zero-order valence-corrected chi connectivity index (χ0v) is 15.0. The summed E-state index contributed by atoms with van der Waals surface area (Å²) in [5, 5.41) is 0. The first kappa shape index (κ1) is 18.8. The van der Waals surface area contributed by atoms with Crippen molar-refractivity contribution in [2.45, 2.75) is 18.0 Å². The maximum absolute atomic E-state index is 12.9. The lowest BCUT2D eigenvalue weighted by atomic mass is 10.2. The van der Waals surface area contributed by atoms with Crippen LogP contribution < -0.4 is 10.5 Å². The predicted octanol–water partition coefficient (Wildman–Crippen LogP) is 1.39. The normalized spacial score (nSPS) is 11.6. The van der Waals surface area contributed by atoms with Crippen molar-refractivity contribution in [2.75, 3.05) is 7.11 Å². The highest BCUT2D eigenvalue weighted by atomic mass is 32.2. The molecule has 0 saturated carbocycles. The lowest BCUT2D eigenvalue weighted by Crippen LogP contribution is -2.23. The lowest BCUT2D eigenvalue weighted by molar-refractivity contribution is -0.141. The summed E-state index contributed by atoms with van der Waals surface area (Å²) < 4.78 is 50.8. The van der Waals surface area contributed by atoms with Crippen molar-refractivity contribution in [3.05, 3.63) is 64.4 Å². The van der Waals surface area contributed by atoms with Crippen LogP contribution in [-0.4, -0.2) is 26.1 Å². The fraction of sp³-hybridized carbons (Fsp3) is 0.176. The number of methoxy groups -OCH3 is 1. The summed E-state index contributed by atoms with van der Waals surface area (Å²) in [6.45, 7) is -0.384. The van der Waals surface area contributed by atoms with E-state index in [1.807, 2.05) is 0 Å². The molecule has 0 atom stereocenters. The number of benzene rings is 2. The number of fused-ring (bicyclic) bond motifs is 1. The van der Waals surface area contributed by atoms with Gasteiger partial charge in [0.05, 0.1) is 17.5 Å². The number of nitrogens with one attached hydrogen (secondary N) is 1. The number of rotatable bonds is 6. The number of oxazole rings is 1. The highest BCUT2D eigenvalue weighted by Gasteiger charge is 2.18. The molecular weight excluding hydrogens is 379 g/mol. The summed E-state index contributed by atoms with van der Waals surface area (Å²) in [6, 6.07) is 9.24. The third-order valence-corrected chi connectivity index (χ3v) is 5.24. The van der Waals surface area contributed by atoms with Crippen molar-refractivity contribution in [3.63, 3.8) is 0 Å². The van der Waals surface area contributed by atoms with Crippen molar-refractivity contribution >= 4 is 27.1 Å². The van der Waals surface area contributed by atoms with Crippen LogP contribution in [0.2, 0.25) is 0 Å². The summed E-state index contributed by atoms with van der Waals surface area (Å²) in [5.74, 6) is -1.86. The van der Waals surface area contributed by atoms with Crippen molar-refractivity contribution < 1.29 is 26.8 Å². The third-order valence-electron chi connectivity index (χ3n) is 3.84. The summed E-state index contributed by atoms with van der Waals surface area (Å²) in [7, 11) is -2.71. The summed E-state index contributed by atoms with van der Waals surface area (Å²) in [5.41, 5.74) is 0.869. The Bertz CT molecular complexity index is 1150. The molecule has 0 aliphatic heterocycles. The molecule has 1 N–H and O–H groups in total. The monoisotopic (exact) mass is 394 g/mol. The van der Waals surface area contributed by atoms with Gasteiger partial charge in [-0.3, -0.25) is 9.36 Å². The van der Waals surface area contributed by atoms with Crippen LogP contribution in [0.15, 0.2) is 56.6 Å². The Balaban J connectivity index is 1.86. The lowest BCUT2D eigenvalue weighted by Gasteiger charge is -2.07. The molecule has 0 amide bonds. The van der Waals surface area contributed by atoms with Gasteiger partial charge in [-0.15, -0.1) is 0 Å². The first-order valence-electron chi connectivity index (χ1n) is 7.74. The molecule has 27 heavy (non-hydrogen) atoms. The number of ether oxygens (including phenoxy) is 1. The zero-order chi connectivity index (χ0) is 19.6. The molecular formula is C17H15FN2O6S. The van der Waals surface area contributed by atoms with Gasteiger partial charge in [0.2, 0.25) is 10.0 Å². The highest BCUT2D eigenvalue weighted by molar-refractivity contribution is 7.89. The molecule has 0 unspecified atom stereocenters. The number of hydrogen-bond donors (Lipinski definition) is 1.